The second-order valence-corrected chi connectivity index (χ2v) is 3.91. The van der Waals surface area contributed by atoms with Gasteiger partial charge in [0.25, 0.3) is 0 Å². The topological polar surface area (TPSA) is 9.23 Å². The second kappa shape index (κ2) is 6.23. The van der Waals surface area contributed by atoms with Crippen LogP contribution in [0, 0.1) is 5.82 Å². The van der Waals surface area contributed by atoms with E-state index in [-0.39, 0.29) is 34.6 Å². The minimum absolute atomic E-state index is 0. The van der Waals surface area contributed by atoms with Crippen LogP contribution in [0.25, 0.3) is 0 Å². The van der Waals surface area contributed by atoms with Gasteiger partial charge in [-0.25, -0.2) is 4.39 Å². The van der Waals surface area contributed by atoms with Gasteiger partial charge < -0.3 is 4.74 Å². The van der Waals surface area contributed by atoms with Crippen molar-refractivity contribution in [3.8, 4) is 11.5 Å². The van der Waals surface area contributed by atoms with Crippen molar-refractivity contribution >= 4 is 39.0 Å². The van der Waals surface area contributed by atoms with E-state index < -0.39 is 0 Å². The Morgan fingerprint density at radius 1 is 1.00 bits per heavy atom. The molecule has 0 radical (unpaired) electrons. The van der Waals surface area contributed by atoms with Gasteiger partial charge in [0.2, 0.25) is 0 Å². The maximum Gasteiger partial charge on any atom is 0.316 e. The summed E-state index contributed by atoms with van der Waals surface area (Å²) in [5, 5.41) is 0. The summed E-state index contributed by atoms with van der Waals surface area (Å²) in [5.74, 6) is 0.465. The molecule has 0 heterocycles. The van der Waals surface area contributed by atoms with Crippen LogP contribution >= 0.6 is 15.9 Å². The summed E-state index contributed by atoms with van der Waals surface area (Å²) in [4.78, 5) is 0. The summed E-state index contributed by atoms with van der Waals surface area (Å²) < 4.78 is 19.5. The van der Waals surface area contributed by atoms with E-state index in [1.165, 1.54) is 6.07 Å². The Labute approximate surface area is 118 Å². The third-order valence-electron chi connectivity index (χ3n) is 1.86. The van der Waals surface area contributed by atoms with E-state index in [4.69, 9.17) is 4.74 Å². The molecule has 1 nitrogen and oxygen atoms in total. The third kappa shape index (κ3) is 3.47. The monoisotopic (exact) mass is 292 g/mol. The molecule has 0 saturated carbocycles. The minimum Gasteiger partial charge on any atom is -0.454 e. The van der Waals surface area contributed by atoms with Gasteiger partial charge in [-0.2, -0.15) is 0 Å². The van der Waals surface area contributed by atoms with Crippen LogP contribution in [0.3, 0.4) is 0 Å². The highest BCUT2D eigenvalue weighted by Crippen LogP contribution is 2.27. The highest BCUT2D eigenvalue weighted by atomic mass is 79.9. The fraction of sp³-hybridized carbons (Fsp3) is 0. The molecule has 2 aromatic rings. The van der Waals surface area contributed by atoms with Gasteiger partial charge >= 0.3 is 23.1 Å². The first-order chi connectivity index (χ1) is 7.25. The molecular weight excluding hydrogens is 283 g/mol. The van der Waals surface area contributed by atoms with Gasteiger partial charge in [0.15, 0.2) is 11.6 Å². The lowest BCUT2D eigenvalue weighted by Gasteiger charge is -2.06. The molecule has 16 heavy (non-hydrogen) atoms. The Morgan fingerprint density at radius 3 is 2.38 bits per heavy atom. The molecule has 0 aliphatic heterocycles. The average molecular weight is 293 g/mol. The van der Waals surface area contributed by atoms with Crippen molar-refractivity contribution in [3.63, 3.8) is 0 Å². The van der Waals surface area contributed by atoms with E-state index >= 15 is 0 Å². The summed E-state index contributed by atoms with van der Waals surface area (Å²) in [6.45, 7) is 0. The molecule has 0 fully saturated rings. The van der Waals surface area contributed by atoms with Crippen LogP contribution in [0.4, 0.5) is 4.39 Å². The van der Waals surface area contributed by atoms with Crippen LogP contribution in [0.2, 0.25) is 0 Å². The molecule has 2 aromatic carbocycles. The van der Waals surface area contributed by atoms with Crippen LogP contribution in [0.15, 0.2) is 53.0 Å². The molecule has 0 amide bonds. The Morgan fingerprint density at radius 2 is 1.69 bits per heavy atom. The minimum atomic E-state index is -0.373. The predicted octanol–water partition coefficient (Wildman–Crippen LogP) is 3.46. The van der Waals surface area contributed by atoms with Crippen LogP contribution in [-0.2, 0) is 0 Å². The van der Waals surface area contributed by atoms with Crippen LogP contribution in [0.5, 0.6) is 11.5 Å². The predicted molar refractivity (Wildman–Crippen MR) is 69.2 cm³/mol. The van der Waals surface area contributed by atoms with Crippen LogP contribution < -0.4 is 4.74 Å². The van der Waals surface area contributed by atoms with E-state index in [0.717, 1.165) is 4.47 Å². The number of hydrogen-bond donors (Lipinski definition) is 0. The maximum atomic E-state index is 13.3. The normalized spacial score (nSPS) is 9.38. The molecule has 0 N–H and O–H groups in total. The van der Waals surface area contributed by atoms with E-state index in [1.807, 2.05) is 18.2 Å². The molecule has 0 spiro atoms. The lowest BCUT2D eigenvalue weighted by atomic mass is 10.3. The van der Waals surface area contributed by atoms with Gasteiger partial charge in [-0.05, 0) is 30.3 Å². The average Bonchev–Trinajstić information content (AvgIpc) is 2.25. The number of ether oxygens (including phenoxy) is 1. The molecule has 4 heteroatoms. The first kappa shape index (κ1) is 13.5. The highest BCUT2D eigenvalue weighted by Gasteiger charge is 2.04. The molecule has 0 saturated heterocycles. The summed E-state index contributed by atoms with van der Waals surface area (Å²) in [5.41, 5.74) is 0. The molecule has 0 bridgehead atoms. The largest absolute Gasteiger partial charge is 0.454 e. The van der Waals surface area contributed by atoms with Gasteiger partial charge in [-0.1, -0.05) is 34.1 Å². The van der Waals surface area contributed by atoms with Crippen LogP contribution in [0.1, 0.15) is 0 Å². The SMILES string of the molecule is Fc1ccc(Br)cc1Oc1ccccc1.[MgH2]. The smallest absolute Gasteiger partial charge is 0.316 e. The summed E-state index contributed by atoms with van der Waals surface area (Å²) in [7, 11) is 0. The summed E-state index contributed by atoms with van der Waals surface area (Å²) in [6, 6.07) is 13.7. The zero-order valence-corrected chi connectivity index (χ0v) is 9.37. The van der Waals surface area contributed by atoms with Gasteiger partial charge in [-0.15, -0.1) is 0 Å². The van der Waals surface area contributed by atoms with Crippen molar-refractivity contribution in [1.29, 1.82) is 0 Å². The molecule has 0 aliphatic rings. The fourth-order valence-corrected chi connectivity index (χ4v) is 1.51. The zero-order valence-electron chi connectivity index (χ0n) is 7.78. The van der Waals surface area contributed by atoms with E-state index in [1.54, 1.807) is 24.3 Å². The van der Waals surface area contributed by atoms with Gasteiger partial charge in [-0.3, -0.25) is 0 Å². The number of para-hydroxylation sites is 1. The van der Waals surface area contributed by atoms with Gasteiger partial charge in [0.05, 0.1) is 0 Å². The lowest BCUT2D eigenvalue weighted by molar-refractivity contribution is 0.442. The van der Waals surface area contributed by atoms with E-state index in [2.05, 4.69) is 15.9 Å². The van der Waals surface area contributed by atoms with Gasteiger partial charge in [0, 0.05) is 4.47 Å². The standard InChI is InChI=1S/C12H8BrFO.Mg.2H/c13-9-6-7-11(14)12(8-9)15-10-4-2-1-3-5-10;;;/h1-8H;;;. The van der Waals surface area contributed by atoms with Crippen molar-refractivity contribution < 1.29 is 9.13 Å². The Bertz CT molecular complexity index is 462. The van der Waals surface area contributed by atoms with Crippen molar-refractivity contribution in [2.24, 2.45) is 0 Å². The van der Waals surface area contributed by atoms with E-state index in [0.29, 0.717) is 5.75 Å². The summed E-state index contributed by atoms with van der Waals surface area (Å²) >= 11 is 3.26. The Hall–Kier alpha value is -0.584. The van der Waals surface area contributed by atoms with Gasteiger partial charge in [0.1, 0.15) is 5.75 Å². The molecule has 0 unspecified atom stereocenters. The van der Waals surface area contributed by atoms with E-state index in [9.17, 15) is 4.39 Å². The molecule has 2 rings (SSSR count). The molecular formula is C12H10BrFMgO. The molecule has 80 valence electrons. The van der Waals surface area contributed by atoms with Crippen molar-refractivity contribution in [2.45, 2.75) is 0 Å². The quantitative estimate of drug-likeness (QED) is 0.771. The lowest BCUT2D eigenvalue weighted by Crippen LogP contribution is -1.87. The van der Waals surface area contributed by atoms with Crippen molar-refractivity contribution in [3.05, 3.63) is 58.8 Å². The number of halogens is 2. The fourth-order valence-electron chi connectivity index (χ4n) is 1.17. The zero-order chi connectivity index (χ0) is 10.7. The molecule has 0 aromatic heterocycles. The third-order valence-corrected chi connectivity index (χ3v) is 2.36. The number of rotatable bonds is 2. The number of hydrogen-bond acceptors (Lipinski definition) is 1. The van der Waals surface area contributed by atoms with Crippen molar-refractivity contribution in [2.75, 3.05) is 0 Å². The highest BCUT2D eigenvalue weighted by molar-refractivity contribution is 9.10. The number of benzene rings is 2. The first-order valence-corrected chi connectivity index (χ1v) is 5.23. The summed E-state index contributed by atoms with van der Waals surface area (Å²) in [6.07, 6.45) is 0. The molecule has 0 atom stereocenters. The molecule has 0 aliphatic carbocycles. The Balaban J connectivity index is 0.00000128. The second-order valence-electron chi connectivity index (χ2n) is 2.99. The van der Waals surface area contributed by atoms with Crippen molar-refractivity contribution in [1.82, 2.24) is 0 Å². The maximum absolute atomic E-state index is 13.3. The van der Waals surface area contributed by atoms with Crippen LogP contribution in [-0.4, -0.2) is 23.1 Å². The Kier molecular flexibility index (Phi) is 5.25. The first-order valence-electron chi connectivity index (χ1n) is 4.43.